The van der Waals surface area contributed by atoms with Gasteiger partial charge < -0.3 is 9.47 Å². The van der Waals surface area contributed by atoms with Crippen molar-refractivity contribution in [3.8, 4) is 5.75 Å². The van der Waals surface area contributed by atoms with E-state index in [2.05, 4.69) is 6.58 Å². The number of halogens is 4. The minimum absolute atomic E-state index is 0.0641. The second-order valence-corrected chi connectivity index (χ2v) is 6.77. The third kappa shape index (κ3) is 6.04. The van der Waals surface area contributed by atoms with Crippen molar-refractivity contribution in [1.29, 1.82) is 0 Å². The largest absolute Gasteiger partial charge is 0.457 e. The van der Waals surface area contributed by atoms with E-state index in [1.807, 2.05) is 0 Å². The first kappa shape index (κ1) is 22.4. The molecule has 2 aromatic carbocycles. The maximum atomic E-state index is 13.2. The molecule has 0 saturated carbocycles. The molecule has 0 unspecified atom stereocenters. The van der Waals surface area contributed by atoms with Gasteiger partial charge in [0.15, 0.2) is 0 Å². The SMILES string of the molecule is C=C(C)C(=O)OCc1ccc2cc(OC(=O)CCC(F)(F)C(C)(F)F)ccc2c1. The van der Waals surface area contributed by atoms with Gasteiger partial charge >= 0.3 is 23.8 Å². The molecule has 0 heterocycles. The Balaban J connectivity index is 2.01. The maximum Gasteiger partial charge on any atom is 0.333 e. The molecule has 0 aliphatic carbocycles. The second-order valence-electron chi connectivity index (χ2n) is 6.77. The predicted octanol–water partition coefficient (Wildman–Crippen LogP) is 5.44. The molecule has 2 aromatic rings. The van der Waals surface area contributed by atoms with E-state index in [4.69, 9.17) is 9.47 Å². The molecule has 0 N–H and O–H groups in total. The van der Waals surface area contributed by atoms with Crippen molar-refractivity contribution < 1.29 is 36.6 Å². The molecule has 29 heavy (non-hydrogen) atoms. The first-order chi connectivity index (χ1) is 13.4. The fourth-order valence-corrected chi connectivity index (χ4v) is 2.36. The fourth-order valence-electron chi connectivity index (χ4n) is 2.36. The molecule has 0 spiro atoms. The second kappa shape index (κ2) is 8.63. The monoisotopic (exact) mass is 412 g/mol. The molecule has 2 rings (SSSR count). The van der Waals surface area contributed by atoms with Gasteiger partial charge in [-0.25, -0.2) is 13.6 Å². The molecule has 8 heteroatoms. The topological polar surface area (TPSA) is 52.6 Å². The molecule has 0 aliphatic rings. The van der Waals surface area contributed by atoms with E-state index >= 15 is 0 Å². The molecular weight excluding hydrogens is 392 g/mol. The summed E-state index contributed by atoms with van der Waals surface area (Å²) in [6.45, 7) is 5.21. The summed E-state index contributed by atoms with van der Waals surface area (Å²) in [5, 5.41) is 1.46. The quantitative estimate of drug-likeness (QED) is 0.251. The molecule has 0 aliphatic heterocycles. The van der Waals surface area contributed by atoms with E-state index in [9.17, 15) is 27.2 Å². The van der Waals surface area contributed by atoms with Crippen LogP contribution in [0.2, 0.25) is 0 Å². The van der Waals surface area contributed by atoms with Crippen LogP contribution in [0.5, 0.6) is 5.75 Å². The number of benzene rings is 2. The van der Waals surface area contributed by atoms with Gasteiger partial charge in [-0.15, -0.1) is 0 Å². The third-order valence-corrected chi connectivity index (χ3v) is 4.11. The number of esters is 2. The summed E-state index contributed by atoms with van der Waals surface area (Å²) >= 11 is 0. The van der Waals surface area contributed by atoms with Crippen LogP contribution in [0.3, 0.4) is 0 Å². The van der Waals surface area contributed by atoms with Gasteiger partial charge in [0.1, 0.15) is 12.4 Å². The Morgan fingerprint density at radius 3 is 2.28 bits per heavy atom. The number of hydrogen-bond acceptors (Lipinski definition) is 4. The van der Waals surface area contributed by atoms with E-state index in [1.54, 1.807) is 31.2 Å². The highest BCUT2D eigenvalue weighted by molar-refractivity contribution is 5.87. The summed E-state index contributed by atoms with van der Waals surface area (Å²) in [6, 6.07) is 9.80. The molecule has 156 valence electrons. The third-order valence-electron chi connectivity index (χ3n) is 4.11. The van der Waals surface area contributed by atoms with Gasteiger partial charge in [0.2, 0.25) is 0 Å². The summed E-state index contributed by atoms with van der Waals surface area (Å²) in [5.74, 6) is -9.93. The van der Waals surface area contributed by atoms with Crippen LogP contribution < -0.4 is 4.74 Å². The maximum absolute atomic E-state index is 13.2. The Morgan fingerprint density at radius 1 is 1.03 bits per heavy atom. The zero-order chi connectivity index (χ0) is 21.8. The van der Waals surface area contributed by atoms with Crippen LogP contribution in [0.25, 0.3) is 10.8 Å². The summed E-state index contributed by atoms with van der Waals surface area (Å²) in [5.41, 5.74) is 1.03. The number of carbonyl (C=O) groups is 2. The Morgan fingerprint density at radius 2 is 1.66 bits per heavy atom. The highest BCUT2D eigenvalue weighted by Gasteiger charge is 2.51. The van der Waals surface area contributed by atoms with Crippen molar-refractivity contribution >= 4 is 22.7 Å². The van der Waals surface area contributed by atoms with Crippen molar-refractivity contribution in [2.75, 3.05) is 0 Å². The first-order valence-electron chi connectivity index (χ1n) is 8.71. The summed E-state index contributed by atoms with van der Waals surface area (Å²) in [4.78, 5) is 23.2. The Labute approximate surface area is 165 Å². The van der Waals surface area contributed by atoms with Crippen LogP contribution >= 0.6 is 0 Å². The molecule has 0 saturated heterocycles. The smallest absolute Gasteiger partial charge is 0.333 e. The lowest BCUT2D eigenvalue weighted by Crippen LogP contribution is -2.38. The number of hydrogen-bond donors (Lipinski definition) is 0. The normalized spacial score (nSPS) is 11.9. The number of carbonyl (C=O) groups excluding carboxylic acids is 2. The van der Waals surface area contributed by atoms with Crippen molar-refractivity contribution in [1.82, 2.24) is 0 Å². The van der Waals surface area contributed by atoms with Crippen LogP contribution in [0.15, 0.2) is 48.6 Å². The molecule has 0 radical (unpaired) electrons. The molecular formula is C21H20F4O4. The minimum atomic E-state index is -4.29. The number of fused-ring (bicyclic) bond motifs is 1. The van der Waals surface area contributed by atoms with Gasteiger partial charge in [0, 0.05) is 18.9 Å². The van der Waals surface area contributed by atoms with Crippen LogP contribution in [0.4, 0.5) is 17.6 Å². The van der Waals surface area contributed by atoms with E-state index < -0.39 is 36.6 Å². The summed E-state index contributed by atoms with van der Waals surface area (Å²) in [6.07, 6.45) is -2.16. The predicted molar refractivity (Wildman–Crippen MR) is 99.0 cm³/mol. The molecule has 0 atom stereocenters. The van der Waals surface area contributed by atoms with E-state index in [0.29, 0.717) is 5.39 Å². The lowest BCUT2D eigenvalue weighted by atomic mass is 10.1. The average Bonchev–Trinajstić information content (AvgIpc) is 2.63. The van der Waals surface area contributed by atoms with Gasteiger partial charge in [-0.05, 0) is 41.5 Å². The van der Waals surface area contributed by atoms with E-state index in [1.165, 1.54) is 12.1 Å². The van der Waals surface area contributed by atoms with Crippen LogP contribution in [-0.2, 0) is 20.9 Å². The highest BCUT2D eigenvalue weighted by Crippen LogP contribution is 2.37. The fraction of sp³-hybridized carbons (Fsp3) is 0.333. The summed E-state index contributed by atoms with van der Waals surface area (Å²) in [7, 11) is 0. The molecule has 4 nitrogen and oxygen atoms in total. The molecule has 0 bridgehead atoms. The van der Waals surface area contributed by atoms with Crippen LogP contribution in [0, 0.1) is 0 Å². The standard InChI is InChI=1S/C21H20F4O4/c1-13(2)19(27)28-12-14-4-5-16-11-17(7-6-15(16)10-14)29-18(26)8-9-21(24,25)20(3,22)23/h4-7,10-11H,1,8-9,12H2,2-3H3. The lowest BCUT2D eigenvalue weighted by Gasteiger charge is -2.22. The molecule has 0 fully saturated rings. The van der Waals surface area contributed by atoms with Crippen molar-refractivity contribution in [2.24, 2.45) is 0 Å². The van der Waals surface area contributed by atoms with Gasteiger partial charge in [-0.2, -0.15) is 8.78 Å². The van der Waals surface area contributed by atoms with Gasteiger partial charge in [-0.1, -0.05) is 24.8 Å². The number of rotatable bonds is 8. The summed E-state index contributed by atoms with van der Waals surface area (Å²) < 4.78 is 62.1. The average molecular weight is 412 g/mol. The molecule has 0 amide bonds. The van der Waals surface area contributed by atoms with Crippen molar-refractivity contribution in [3.63, 3.8) is 0 Å². The lowest BCUT2D eigenvalue weighted by molar-refractivity contribution is -0.202. The number of alkyl halides is 4. The molecule has 0 aromatic heterocycles. The van der Waals surface area contributed by atoms with Crippen LogP contribution in [-0.4, -0.2) is 23.8 Å². The zero-order valence-corrected chi connectivity index (χ0v) is 15.9. The van der Waals surface area contributed by atoms with E-state index in [-0.39, 0.29) is 24.9 Å². The Hall–Kier alpha value is -2.90. The van der Waals surface area contributed by atoms with E-state index in [0.717, 1.165) is 10.9 Å². The highest BCUT2D eigenvalue weighted by atomic mass is 19.3. The van der Waals surface area contributed by atoms with Gasteiger partial charge in [-0.3, -0.25) is 4.79 Å². The van der Waals surface area contributed by atoms with Gasteiger partial charge in [0.25, 0.3) is 0 Å². The number of ether oxygens (including phenoxy) is 2. The van der Waals surface area contributed by atoms with Crippen molar-refractivity contribution in [3.05, 3.63) is 54.1 Å². The first-order valence-corrected chi connectivity index (χ1v) is 8.71. The van der Waals surface area contributed by atoms with Crippen LogP contribution in [0.1, 0.15) is 32.3 Å². The van der Waals surface area contributed by atoms with Gasteiger partial charge in [0.05, 0.1) is 6.42 Å². The zero-order valence-electron chi connectivity index (χ0n) is 15.9. The Kier molecular flexibility index (Phi) is 6.66. The Bertz CT molecular complexity index is 932. The minimum Gasteiger partial charge on any atom is -0.457 e. The van der Waals surface area contributed by atoms with Crippen molar-refractivity contribution in [2.45, 2.75) is 45.1 Å².